The van der Waals surface area contributed by atoms with Crippen LogP contribution >= 0.6 is 12.4 Å². The average molecular weight is 276 g/mol. The molecule has 1 fully saturated rings. The van der Waals surface area contributed by atoms with Gasteiger partial charge < -0.3 is 19.9 Å². The maximum Gasteiger partial charge on any atom is 0.239 e. The lowest BCUT2D eigenvalue weighted by atomic mass is 10.2. The Labute approximate surface area is 112 Å². The molecule has 102 valence electrons. The van der Waals surface area contributed by atoms with Crippen LogP contribution in [0.5, 0.6) is 0 Å². The van der Waals surface area contributed by atoms with Crippen LogP contribution in [-0.4, -0.2) is 36.9 Å². The van der Waals surface area contributed by atoms with Crippen molar-refractivity contribution in [3.63, 3.8) is 0 Å². The van der Waals surface area contributed by atoms with Crippen molar-refractivity contribution in [1.82, 2.24) is 15.8 Å². The van der Waals surface area contributed by atoms with E-state index in [-0.39, 0.29) is 24.4 Å². The summed E-state index contributed by atoms with van der Waals surface area (Å²) in [5, 5.41) is 9.80. The van der Waals surface area contributed by atoms with Crippen molar-refractivity contribution in [2.24, 2.45) is 0 Å². The van der Waals surface area contributed by atoms with Crippen molar-refractivity contribution in [2.75, 3.05) is 19.8 Å². The van der Waals surface area contributed by atoms with Gasteiger partial charge in [0.05, 0.1) is 18.9 Å². The van der Waals surface area contributed by atoms with Crippen molar-refractivity contribution in [3.8, 4) is 0 Å². The van der Waals surface area contributed by atoms with Gasteiger partial charge in [-0.3, -0.25) is 4.79 Å². The minimum Gasteiger partial charge on any atom is -0.378 e. The Kier molecular flexibility index (Phi) is 5.58. The Bertz CT molecular complexity index is 383. The van der Waals surface area contributed by atoms with Gasteiger partial charge >= 0.3 is 0 Å². The molecule has 1 aliphatic heterocycles. The predicted octanol–water partition coefficient (Wildman–Crippen LogP) is 0.318. The summed E-state index contributed by atoms with van der Waals surface area (Å²) in [7, 11) is 0. The zero-order valence-corrected chi connectivity index (χ0v) is 11.3. The molecule has 1 aromatic rings. The minimum atomic E-state index is -0.260. The van der Waals surface area contributed by atoms with E-state index in [0.29, 0.717) is 26.3 Å². The maximum absolute atomic E-state index is 11.8. The van der Waals surface area contributed by atoms with Crippen molar-refractivity contribution in [2.45, 2.75) is 26.4 Å². The molecular weight excluding hydrogens is 258 g/mol. The second-order valence-corrected chi connectivity index (χ2v) is 4.10. The van der Waals surface area contributed by atoms with E-state index in [1.54, 1.807) is 0 Å². The van der Waals surface area contributed by atoms with Crippen LogP contribution in [0.4, 0.5) is 0 Å². The number of nitrogens with one attached hydrogen (secondary N) is 2. The Hall–Kier alpha value is -1.11. The van der Waals surface area contributed by atoms with Crippen LogP contribution in [0.2, 0.25) is 0 Å². The largest absolute Gasteiger partial charge is 0.378 e. The number of hydrogen-bond donors (Lipinski definition) is 2. The molecule has 2 rings (SSSR count). The maximum atomic E-state index is 11.8. The zero-order valence-electron chi connectivity index (χ0n) is 10.5. The van der Waals surface area contributed by atoms with Crippen LogP contribution < -0.4 is 10.6 Å². The lowest BCUT2D eigenvalue weighted by molar-refractivity contribution is -0.126. The average Bonchev–Trinajstić information content (AvgIpc) is 2.67. The summed E-state index contributed by atoms with van der Waals surface area (Å²) < 4.78 is 10.3. The molecule has 1 aliphatic rings. The number of nitrogens with zero attached hydrogens (tertiary/aromatic N) is 1. The van der Waals surface area contributed by atoms with E-state index in [1.807, 2.05) is 13.8 Å². The van der Waals surface area contributed by atoms with Crippen LogP contribution in [-0.2, 0) is 16.1 Å². The van der Waals surface area contributed by atoms with E-state index < -0.39 is 0 Å². The van der Waals surface area contributed by atoms with Crippen molar-refractivity contribution >= 4 is 18.3 Å². The van der Waals surface area contributed by atoms with E-state index in [4.69, 9.17) is 9.26 Å². The van der Waals surface area contributed by atoms with Crippen molar-refractivity contribution in [1.29, 1.82) is 0 Å². The van der Waals surface area contributed by atoms with Gasteiger partial charge in [-0.1, -0.05) is 5.16 Å². The zero-order chi connectivity index (χ0) is 12.3. The van der Waals surface area contributed by atoms with Gasteiger partial charge in [0.15, 0.2) is 0 Å². The molecule has 0 aliphatic carbocycles. The van der Waals surface area contributed by atoms with Gasteiger partial charge in [0.2, 0.25) is 5.91 Å². The molecule has 1 amide bonds. The molecule has 0 bridgehead atoms. The Balaban J connectivity index is 0.00000162. The molecule has 7 heteroatoms. The first kappa shape index (κ1) is 14.9. The molecular formula is C11H18ClN3O3. The van der Waals surface area contributed by atoms with Gasteiger partial charge in [-0.25, -0.2) is 0 Å². The van der Waals surface area contributed by atoms with E-state index in [1.165, 1.54) is 0 Å². The number of hydrogen-bond acceptors (Lipinski definition) is 5. The third-order valence-corrected chi connectivity index (χ3v) is 2.86. The molecule has 0 spiro atoms. The summed E-state index contributed by atoms with van der Waals surface area (Å²) in [6, 6.07) is -0.260. The molecule has 6 nitrogen and oxygen atoms in total. The fourth-order valence-electron chi connectivity index (χ4n) is 1.79. The van der Waals surface area contributed by atoms with Gasteiger partial charge in [0, 0.05) is 18.7 Å². The summed E-state index contributed by atoms with van der Waals surface area (Å²) in [5.41, 5.74) is 1.76. The highest BCUT2D eigenvalue weighted by molar-refractivity contribution is 5.85. The number of aryl methyl sites for hydroxylation is 2. The molecule has 2 heterocycles. The summed E-state index contributed by atoms with van der Waals surface area (Å²) in [5.74, 6) is 0.695. The lowest BCUT2D eigenvalue weighted by Crippen LogP contribution is -2.51. The molecule has 1 atom stereocenters. The molecule has 0 aromatic carbocycles. The second kappa shape index (κ2) is 6.72. The molecule has 1 saturated heterocycles. The van der Waals surface area contributed by atoms with Crippen LogP contribution in [0.3, 0.4) is 0 Å². The predicted molar refractivity (Wildman–Crippen MR) is 67.7 cm³/mol. The first-order chi connectivity index (χ1) is 8.18. The van der Waals surface area contributed by atoms with E-state index >= 15 is 0 Å². The monoisotopic (exact) mass is 275 g/mol. The normalized spacial score (nSPS) is 19.1. The van der Waals surface area contributed by atoms with Gasteiger partial charge in [-0.15, -0.1) is 12.4 Å². The summed E-state index contributed by atoms with van der Waals surface area (Å²) >= 11 is 0. The number of rotatable bonds is 3. The molecule has 1 unspecified atom stereocenters. The van der Waals surface area contributed by atoms with E-state index in [9.17, 15) is 4.79 Å². The van der Waals surface area contributed by atoms with E-state index in [2.05, 4.69) is 15.8 Å². The number of aromatic nitrogens is 1. The van der Waals surface area contributed by atoms with Gasteiger partial charge in [0.1, 0.15) is 11.8 Å². The Morgan fingerprint density at radius 1 is 1.56 bits per heavy atom. The van der Waals surface area contributed by atoms with Gasteiger partial charge in [-0.2, -0.15) is 0 Å². The summed E-state index contributed by atoms with van der Waals surface area (Å²) in [6.45, 7) is 5.94. The fraction of sp³-hybridized carbons (Fsp3) is 0.636. The number of ether oxygens (including phenoxy) is 1. The highest BCUT2D eigenvalue weighted by Gasteiger charge is 2.21. The smallest absolute Gasteiger partial charge is 0.239 e. The molecule has 0 radical (unpaired) electrons. The Morgan fingerprint density at radius 3 is 2.89 bits per heavy atom. The van der Waals surface area contributed by atoms with Crippen LogP contribution in [0.25, 0.3) is 0 Å². The molecule has 0 saturated carbocycles. The quantitative estimate of drug-likeness (QED) is 0.831. The molecule has 1 aromatic heterocycles. The highest BCUT2D eigenvalue weighted by Crippen LogP contribution is 2.11. The first-order valence-electron chi connectivity index (χ1n) is 5.69. The summed E-state index contributed by atoms with van der Waals surface area (Å²) in [6.07, 6.45) is 0. The third-order valence-electron chi connectivity index (χ3n) is 2.86. The van der Waals surface area contributed by atoms with Crippen LogP contribution in [0.15, 0.2) is 4.52 Å². The van der Waals surface area contributed by atoms with Gasteiger partial charge in [-0.05, 0) is 13.8 Å². The summed E-state index contributed by atoms with van der Waals surface area (Å²) in [4.78, 5) is 11.8. The number of halogens is 1. The number of carbonyl (C=O) groups excluding carboxylic acids is 1. The lowest BCUT2D eigenvalue weighted by Gasteiger charge is -2.22. The third kappa shape index (κ3) is 3.44. The fourth-order valence-corrected chi connectivity index (χ4v) is 1.79. The standard InChI is InChI=1S/C11H17N3O3.ClH/c1-7-9(8(2)17-14-7)5-13-11(15)10-6-16-4-3-12-10;/h10,12H,3-6H2,1-2H3,(H,13,15);1H. The number of morpholine rings is 1. The minimum absolute atomic E-state index is 0. The van der Waals surface area contributed by atoms with Crippen LogP contribution in [0, 0.1) is 13.8 Å². The SMILES string of the molecule is Cc1noc(C)c1CNC(=O)C1COCCN1.Cl. The molecule has 2 N–H and O–H groups in total. The Morgan fingerprint density at radius 2 is 2.33 bits per heavy atom. The topological polar surface area (TPSA) is 76.4 Å². The molecule has 18 heavy (non-hydrogen) atoms. The first-order valence-corrected chi connectivity index (χ1v) is 5.69. The van der Waals surface area contributed by atoms with Gasteiger partial charge in [0.25, 0.3) is 0 Å². The highest BCUT2D eigenvalue weighted by atomic mass is 35.5. The van der Waals surface area contributed by atoms with Crippen molar-refractivity contribution < 1.29 is 14.1 Å². The number of carbonyl (C=O) groups is 1. The number of amides is 1. The van der Waals surface area contributed by atoms with Crippen molar-refractivity contribution in [3.05, 3.63) is 17.0 Å². The second-order valence-electron chi connectivity index (χ2n) is 4.10. The van der Waals surface area contributed by atoms with E-state index in [0.717, 1.165) is 17.0 Å². The van der Waals surface area contributed by atoms with Crippen LogP contribution in [0.1, 0.15) is 17.0 Å².